The van der Waals surface area contributed by atoms with Crippen LogP contribution in [0.5, 0.6) is 5.75 Å². The van der Waals surface area contributed by atoms with E-state index in [0.717, 1.165) is 12.2 Å². The quantitative estimate of drug-likeness (QED) is 0.243. The Morgan fingerprint density at radius 1 is 1.53 bits per heavy atom. The molecule has 0 unspecified atom stereocenters. The molecule has 9 heteroatoms. The van der Waals surface area contributed by atoms with Crippen LogP contribution >= 0.6 is 11.6 Å². The number of nitrogens with zero attached hydrogens (tertiary/aromatic N) is 2. The van der Waals surface area contributed by atoms with Crippen LogP contribution in [0.25, 0.3) is 0 Å². The molecule has 0 aromatic heterocycles. The second-order valence-corrected chi connectivity index (χ2v) is 3.64. The number of hydrogen-bond donors (Lipinski definition) is 3. The molecule has 0 radical (unpaired) electrons. The highest BCUT2D eigenvalue weighted by Gasteiger charge is 1.94. The third-order valence-electron chi connectivity index (χ3n) is 1.66. The summed E-state index contributed by atoms with van der Waals surface area (Å²) in [4.78, 5) is 12.2. The van der Waals surface area contributed by atoms with Crippen LogP contribution < -0.4 is 16.2 Å². The summed E-state index contributed by atoms with van der Waals surface area (Å²) >= 11 is 5.79. The summed E-state index contributed by atoms with van der Waals surface area (Å²) in [5, 5.41) is 14.3. The fourth-order valence-corrected chi connectivity index (χ4v) is 1.20. The Morgan fingerprint density at radius 3 is 2.68 bits per heavy atom. The topological polar surface area (TPSA) is 137 Å². The second kappa shape index (κ2) is 9.77. The number of ether oxygens (including phenoxy) is 1. The molecule has 19 heavy (non-hydrogen) atoms. The lowest BCUT2D eigenvalue weighted by molar-refractivity contribution is -0.742. The van der Waals surface area contributed by atoms with Crippen LogP contribution in [0.2, 0.25) is 5.02 Å². The van der Waals surface area contributed by atoms with Crippen molar-refractivity contribution in [2.75, 3.05) is 13.2 Å². The normalized spacial score (nSPS) is 8.89. The fraction of sp³-hybridized carbons (Fsp3) is 0.300. The van der Waals surface area contributed by atoms with Gasteiger partial charge < -0.3 is 21.4 Å². The summed E-state index contributed by atoms with van der Waals surface area (Å²) in [6, 6.07) is 7.26. The van der Waals surface area contributed by atoms with E-state index in [4.69, 9.17) is 43.1 Å². The van der Waals surface area contributed by atoms with Gasteiger partial charge in [0.2, 0.25) is 0 Å². The molecule has 1 rings (SSSR count). The van der Waals surface area contributed by atoms with Gasteiger partial charge in [-0.05, 0) is 18.2 Å². The van der Waals surface area contributed by atoms with E-state index in [1.807, 2.05) is 12.1 Å². The summed E-state index contributed by atoms with van der Waals surface area (Å²) in [5.74, 6) is 0.866. The Labute approximate surface area is 114 Å². The van der Waals surface area contributed by atoms with Gasteiger partial charge in [0.15, 0.2) is 5.96 Å². The number of aliphatic imine (C=N–C) groups is 1. The predicted molar refractivity (Wildman–Crippen MR) is 71.0 cm³/mol. The molecule has 0 bridgehead atoms. The lowest BCUT2D eigenvalue weighted by atomic mass is 10.3. The molecular formula is C10H15ClN4O4. The van der Waals surface area contributed by atoms with Crippen molar-refractivity contribution < 1.29 is 15.0 Å². The van der Waals surface area contributed by atoms with Crippen molar-refractivity contribution in [1.82, 2.24) is 0 Å². The van der Waals surface area contributed by atoms with Gasteiger partial charge in [0, 0.05) is 18.0 Å². The Hall–Kier alpha value is -2.22. The van der Waals surface area contributed by atoms with E-state index in [-0.39, 0.29) is 5.96 Å². The highest BCUT2D eigenvalue weighted by atomic mass is 35.5. The molecule has 0 aliphatic carbocycles. The van der Waals surface area contributed by atoms with E-state index in [1.54, 1.807) is 12.1 Å². The Morgan fingerprint density at radius 2 is 2.16 bits per heavy atom. The number of hydrogen-bond acceptors (Lipinski definition) is 4. The monoisotopic (exact) mass is 290 g/mol. The van der Waals surface area contributed by atoms with Crippen LogP contribution in [0, 0.1) is 10.1 Å². The molecule has 0 heterocycles. The minimum atomic E-state index is -1.50. The second-order valence-electron chi connectivity index (χ2n) is 3.20. The van der Waals surface area contributed by atoms with Crippen LogP contribution in [-0.2, 0) is 0 Å². The Bertz CT molecular complexity index is 420. The van der Waals surface area contributed by atoms with Crippen molar-refractivity contribution in [3.8, 4) is 5.75 Å². The first kappa shape index (κ1) is 16.8. The molecule has 0 amide bonds. The van der Waals surface area contributed by atoms with E-state index < -0.39 is 5.09 Å². The zero-order chi connectivity index (χ0) is 14.7. The van der Waals surface area contributed by atoms with Gasteiger partial charge in [-0.3, -0.25) is 4.99 Å². The zero-order valence-corrected chi connectivity index (χ0v) is 10.8. The van der Waals surface area contributed by atoms with Crippen LogP contribution in [0.3, 0.4) is 0 Å². The molecule has 0 spiro atoms. The van der Waals surface area contributed by atoms with E-state index >= 15 is 0 Å². The first-order valence-corrected chi connectivity index (χ1v) is 5.56. The Balaban J connectivity index is 0.000000711. The lowest BCUT2D eigenvalue weighted by Crippen LogP contribution is -2.23. The number of benzene rings is 1. The lowest BCUT2D eigenvalue weighted by Gasteiger charge is -2.04. The van der Waals surface area contributed by atoms with E-state index in [1.165, 1.54) is 0 Å². The number of halogens is 1. The van der Waals surface area contributed by atoms with Gasteiger partial charge in [-0.1, -0.05) is 17.7 Å². The van der Waals surface area contributed by atoms with Crippen molar-refractivity contribution in [3.05, 3.63) is 39.4 Å². The van der Waals surface area contributed by atoms with Crippen molar-refractivity contribution >= 4 is 17.6 Å². The molecule has 5 N–H and O–H groups in total. The van der Waals surface area contributed by atoms with E-state index in [0.29, 0.717) is 18.2 Å². The smallest absolute Gasteiger partial charge is 0.291 e. The molecule has 0 aliphatic heterocycles. The van der Waals surface area contributed by atoms with Crippen LogP contribution in [0.1, 0.15) is 6.42 Å². The van der Waals surface area contributed by atoms with Gasteiger partial charge >= 0.3 is 0 Å². The molecule has 0 saturated heterocycles. The minimum absolute atomic E-state index is 0.109. The number of rotatable bonds is 5. The molecule has 8 nitrogen and oxygen atoms in total. The van der Waals surface area contributed by atoms with Crippen LogP contribution in [-0.4, -0.2) is 29.4 Å². The standard InChI is InChI=1S/C10H14ClN3O.HNO3/c11-8-3-1-4-9(7-8)15-6-2-5-14-10(12)13;2-1(3)4/h1,3-4,7H,2,5-6H2,(H4,12,13,14);(H,2,3,4). The van der Waals surface area contributed by atoms with Crippen molar-refractivity contribution in [3.63, 3.8) is 0 Å². The maximum atomic E-state index is 8.36. The maximum Gasteiger partial charge on any atom is 0.291 e. The number of nitrogens with two attached hydrogens (primary N) is 2. The Kier molecular flexibility index (Phi) is 8.63. The molecule has 1 aromatic rings. The number of guanidine groups is 1. The third kappa shape index (κ3) is 12.0. The third-order valence-corrected chi connectivity index (χ3v) is 1.90. The van der Waals surface area contributed by atoms with Gasteiger partial charge in [-0.2, -0.15) is 0 Å². The molecule has 0 saturated carbocycles. The molecule has 0 atom stereocenters. The van der Waals surface area contributed by atoms with Gasteiger partial charge in [-0.15, -0.1) is 10.1 Å². The summed E-state index contributed by atoms with van der Waals surface area (Å²) in [6.45, 7) is 1.14. The van der Waals surface area contributed by atoms with Crippen molar-refractivity contribution in [2.45, 2.75) is 6.42 Å². The predicted octanol–water partition coefficient (Wildman–Crippen LogP) is 1.03. The van der Waals surface area contributed by atoms with Gasteiger partial charge in [-0.25, -0.2) is 0 Å². The van der Waals surface area contributed by atoms with Crippen molar-refractivity contribution in [2.24, 2.45) is 16.5 Å². The summed E-state index contributed by atoms with van der Waals surface area (Å²) < 4.78 is 5.43. The van der Waals surface area contributed by atoms with Gasteiger partial charge in [0.25, 0.3) is 5.09 Å². The highest BCUT2D eigenvalue weighted by Crippen LogP contribution is 2.16. The minimum Gasteiger partial charge on any atom is -0.493 e. The average molecular weight is 291 g/mol. The average Bonchev–Trinajstić information content (AvgIpc) is 2.27. The van der Waals surface area contributed by atoms with Gasteiger partial charge in [0.1, 0.15) is 5.75 Å². The van der Waals surface area contributed by atoms with Crippen LogP contribution in [0.15, 0.2) is 29.3 Å². The van der Waals surface area contributed by atoms with E-state index in [2.05, 4.69) is 4.99 Å². The zero-order valence-electron chi connectivity index (χ0n) is 10.0. The molecule has 1 aromatic carbocycles. The molecule has 0 aliphatic rings. The SMILES string of the molecule is NC(N)=NCCCOc1cccc(Cl)c1.O=[N+]([O-])O. The summed E-state index contributed by atoms with van der Waals surface area (Å²) in [5.41, 5.74) is 10.4. The summed E-state index contributed by atoms with van der Waals surface area (Å²) in [7, 11) is 0. The highest BCUT2D eigenvalue weighted by molar-refractivity contribution is 6.30. The molecule has 0 fully saturated rings. The van der Waals surface area contributed by atoms with Crippen molar-refractivity contribution in [1.29, 1.82) is 0 Å². The largest absolute Gasteiger partial charge is 0.493 e. The molecular weight excluding hydrogens is 276 g/mol. The summed E-state index contributed by atoms with van der Waals surface area (Å²) in [6.07, 6.45) is 0.768. The van der Waals surface area contributed by atoms with Gasteiger partial charge in [0.05, 0.1) is 6.61 Å². The first-order chi connectivity index (χ1) is 8.91. The van der Waals surface area contributed by atoms with E-state index in [9.17, 15) is 0 Å². The maximum absolute atomic E-state index is 8.36. The first-order valence-electron chi connectivity index (χ1n) is 5.19. The molecule has 106 valence electrons. The fourth-order valence-electron chi connectivity index (χ4n) is 1.02. The van der Waals surface area contributed by atoms with Crippen LogP contribution in [0.4, 0.5) is 0 Å².